The monoisotopic (exact) mass is 278 g/mol. The smallest absolute Gasteiger partial charge is 0.186 e. The third-order valence-electron chi connectivity index (χ3n) is 3.05. The quantitative estimate of drug-likeness (QED) is 0.421. The minimum absolute atomic E-state index is 0.104. The lowest BCUT2D eigenvalue weighted by Crippen LogP contribution is -2.59. The van der Waals surface area contributed by atoms with Crippen LogP contribution in [0.5, 0.6) is 0 Å². The van der Waals surface area contributed by atoms with Gasteiger partial charge in [0.2, 0.25) is 0 Å². The first-order valence-corrected chi connectivity index (χ1v) is 6.39. The maximum Gasteiger partial charge on any atom is 0.186 e. The number of carbonyl (C=O) groups excluding carboxylic acids is 1. The highest BCUT2D eigenvalue weighted by molar-refractivity contribution is 5.75. The van der Waals surface area contributed by atoms with Gasteiger partial charge in [-0.1, -0.05) is 0 Å². The van der Waals surface area contributed by atoms with Gasteiger partial charge in [-0.25, -0.2) is 0 Å². The van der Waals surface area contributed by atoms with Crippen LogP contribution in [0.3, 0.4) is 0 Å². The Morgan fingerprint density at radius 3 is 2.42 bits per heavy atom. The van der Waals surface area contributed by atoms with E-state index in [1.807, 2.05) is 0 Å². The van der Waals surface area contributed by atoms with Gasteiger partial charge in [0, 0.05) is 13.0 Å². The first-order chi connectivity index (χ1) is 8.97. The molecule has 5 atom stereocenters. The number of Topliss-reactive ketones (excluding diaryl/α,β-unsaturated/α-hetero) is 1. The second-order valence-corrected chi connectivity index (χ2v) is 4.73. The molecule has 0 spiro atoms. The predicted octanol–water partition coefficient (Wildman–Crippen LogP) is -1.44. The van der Waals surface area contributed by atoms with E-state index >= 15 is 0 Å². The summed E-state index contributed by atoms with van der Waals surface area (Å²) in [6.07, 6.45) is -4.45. The van der Waals surface area contributed by atoms with Gasteiger partial charge in [0.25, 0.3) is 0 Å². The highest BCUT2D eigenvalue weighted by Crippen LogP contribution is 2.22. The molecule has 1 heterocycles. The minimum Gasteiger partial charge on any atom is -0.394 e. The van der Waals surface area contributed by atoms with E-state index in [1.54, 1.807) is 0 Å². The lowest BCUT2D eigenvalue weighted by atomic mass is 9.99. The number of hydrogen-bond acceptors (Lipinski definition) is 7. The SMILES string of the molecule is CC(=O)CCCCO[C@@H]1OC(CO)[C@@H](O)C(O)C1O. The molecule has 0 aliphatic carbocycles. The Morgan fingerprint density at radius 1 is 1.16 bits per heavy atom. The Morgan fingerprint density at radius 2 is 1.84 bits per heavy atom. The van der Waals surface area contributed by atoms with Crippen LogP contribution in [0.15, 0.2) is 0 Å². The van der Waals surface area contributed by atoms with Crippen LogP contribution < -0.4 is 0 Å². The van der Waals surface area contributed by atoms with Gasteiger partial charge in [-0.15, -0.1) is 0 Å². The largest absolute Gasteiger partial charge is 0.394 e. The third kappa shape index (κ3) is 4.79. The number of ether oxygens (including phenoxy) is 2. The predicted molar refractivity (Wildman–Crippen MR) is 64.3 cm³/mol. The van der Waals surface area contributed by atoms with Crippen LogP contribution in [-0.4, -0.2) is 70.1 Å². The van der Waals surface area contributed by atoms with Gasteiger partial charge >= 0.3 is 0 Å². The zero-order valence-corrected chi connectivity index (χ0v) is 10.9. The fraction of sp³-hybridized carbons (Fsp3) is 0.917. The van der Waals surface area contributed by atoms with Gasteiger partial charge in [-0.2, -0.15) is 0 Å². The van der Waals surface area contributed by atoms with Crippen LogP contribution in [0.2, 0.25) is 0 Å². The molecule has 0 aromatic heterocycles. The Hall–Kier alpha value is -0.570. The first-order valence-electron chi connectivity index (χ1n) is 6.39. The van der Waals surface area contributed by atoms with E-state index in [2.05, 4.69) is 0 Å². The molecular formula is C12H22O7. The minimum atomic E-state index is -1.42. The molecule has 1 fully saturated rings. The van der Waals surface area contributed by atoms with Crippen LogP contribution in [0.1, 0.15) is 26.2 Å². The van der Waals surface area contributed by atoms with Crippen molar-refractivity contribution in [2.45, 2.75) is 56.9 Å². The van der Waals surface area contributed by atoms with E-state index in [-0.39, 0.29) is 12.4 Å². The van der Waals surface area contributed by atoms with Crippen LogP contribution in [0.25, 0.3) is 0 Å². The average Bonchev–Trinajstić information content (AvgIpc) is 2.37. The lowest BCUT2D eigenvalue weighted by molar-refractivity contribution is -0.301. The molecule has 0 aromatic rings. The first kappa shape index (κ1) is 16.5. The topological polar surface area (TPSA) is 116 Å². The highest BCUT2D eigenvalue weighted by Gasteiger charge is 2.43. The zero-order valence-electron chi connectivity index (χ0n) is 10.9. The summed E-state index contributed by atoms with van der Waals surface area (Å²) in [7, 11) is 0. The molecule has 3 unspecified atom stereocenters. The lowest BCUT2D eigenvalue weighted by Gasteiger charge is -2.39. The van der Waals surface area contributed by atoms with Crippen molar-refractivity contribution in [1.82, 2.24) is 0 Å². The maximum atomic E-state index is 10.7. The van der Waals surface area contributed by atoms with Gasteiger partial charge in [0.1, 0.15) is 30.2 Å². The molecule has 0 amide bonds. The molecule has 1 saturated heterocycles. The van der Waals surface area contributed by atoms with E-state index in [0.717, 1.165) is 0 Å². The van der Waals surface area contributed by atoms with Gasteiger partial charge in [-0.3, -0.25) is 0 Å². The molecule has 1 aliphatic rings. The Bertz CT molecular complexity index is 281. The van der Waals surface area contributed by atoms with Crippen LogP contribution in [0.4, 0.5) is 0 Å². The summed E-state index contributed by atoms with van der Waals surface area (Å²) in [5.74, 6) is 0.104. The van der Waals surface area contributed by atoms with Gasteiger partial charge in [0.15, 0.2) is 6.29 Å². The van der Waals surface area contributed by atoms with Gasteiger partial charge in [0.05, 0.1) is 6.61 Å². The molecule has 0 saturated carbocycles. The molecule has 1 rings (SSSR count). The normalized spacial score (nSPS) is 35.3. The summed E-state index contributed by atoms with van der Waals surface area (Å²) < 4.78 is 10.4. The van der Waals surface area contributed by atoms with E-state index in [4.69, 9.17) is 14.6 Å². The third-order valence-corrected chi connectivity index (χ3v) is 3.05. The van der Waals surface area contributed by atoms with Crippen molar-refractivity contribution in [2.75, 3.05) is 13.2 Å². The van der Waals surface area contributed by atoms with E-state index < -0.39 is 37.3 Å². The van der Waals surface area contributed by atoms with Crippen LogP contribution >= 0.6 is 0 Å². The Labute approximate surface area is 111 Å². The van der Waals surface area contributed by atoms with Gasteiger partial charge in [-0.05, 0) is 19.8 Å². The highest BCUT2D eigenvalue weighted by atomic mass is 16.7. The van der Waals surface area contributed by atoms with Crippen molar-refractivity contribution in [2.24, 2.45) is 0 Å². The number of ketones is 1. The summed E-state index contributed by atoms with van der Waals surface area (Å²) in [5.41, 5.74) is 0. The summed E-state index contributed by atoms with van der Waals surface area (Å²) in [5, 5.41) is 37.7. The van der Waals surface area contributed by atoms with Crippen molar-refractivity contribution < 1.29 is 34.7 Å². The molecule has 0 aromatic carbocycles. The molecule has 19 heavy (non-hydrogen) atoms. The van der Waals surface area contributed by atoms with Crippen molar-refractivity contribution in [1.29, 1.82) is 0 Å². The van der Waals surface area contributed by atoms with E-state index in [1.165, 1.54) is 6.92 Å². The Kier molecular flexibility index (Phi) is 6.84. The molecular weight excluding hydrogens is 256 g/mol. The summed E-state index contributed by atoms with van der Waals surface area (Å²) in [6, 6.07) is 0. The number of unbranched alkanes of at least 4 members (excludes halogenated alkanes) is 1. The fourth-order valence-electron chi connectivity index (χ4n) is 1.88. The number of carbonyl (C=O) groups is 1. The summed E-state index contributed by atoms with van der Waals surface area (Å²) >= 11 is 0. The molecule has 4 N–H and O–H groups in total. The molecule has 1 aliphatic heterocycles. The molecule has 0 bridgehead atoms. The van der Waals surface area contributed by atoms with E-state index in [0.29, 0.717) is 19.3 Å². The summed E-state index contributed by atoms with van der Waals surface area (Å²) in [4.78, 5) is 10.7. The van der Waals surface area contributed by atoms with Crippen molar-refractivity contribution in [3.05, 3.63) is 0 Å². The van der Waals surface area contributed by atoms with Crippen LogP contribution in [0, 0.1) is 0 Å². The number of hydrogen-bond donors (Lipinski definition) is 4. The Balaban J connectivity index is 2.33. The van der Waals surface area contributed by atoms with Crippen LogP contribution in [-0.2, 0) is 14.3 Å². The molecule has 7 heteroatoms. The maximum absolute atomic E-state index is 10.7. The van der Waals surface area contributed by atoms with Gasteiger partial charge < -0.3 is 34.7 Å². The van der Waals surface area contributed by atoms with Crippen molar-refractivity contribution in [3.8, 4) is 0 Å². The molecule has 112 valence electrons. The molecule has 0 radical (unpaired) electrons. The zero-order chi connectivity index (χ0) is 14.4. The van der Waals surface area contributed by atoms with Crippen molar-refractivity contribution in [3.63, 3.8) is 0 Å². The van der Waals surface area contributed by atoms with Crippen molar-refractivity contribution >= 4 is 5.78 Å². The average molecular weight is 278 g/mol. The van der Waals surface area contributed by atoms with E-state index in [9.17, 15) is 20.1 Å². The fourth-order valence-corrected chi connectivity index (χ4v) is 1.88. The summed E-state index contributed by atoms with van der Waals surface area (Å²) in [6.45, 7) is 1.30. The second-order valence-electron chi connectivity index (χ2n) is 4.73. The second kappa shape index (κ2) is 7.88. The standard InChI is InChI=1S/C12H22O7/c1-7(14)4-2-3-5-18-12-11(17)10(16)9(15)8(6-13)19-12/h8-13,15-17H,2-6H2,1H3/t8?,9-,10?,11?,12-/m1/s1. The number of rotatable bonds is 7. The molecule has 7 nitrogen and oxygen atoms in total. The number of aliphatic hydroxyl groups is 4. The number of aliphatic hydroxyl groups excluding tert-OH is 4.